The molecule has 5 N–H and O–H groups in total. The molecule has 0 spiro atoms. The molecule has 2 aromatic carbocycles. The number of likely N-dealkylation sites (tertiary alicyclic amines) is 1. The first-order valence-corrected chi connectivity index (χ1v) is 23.2. The van der Waals surface area contributed by atoms with Gasteiger partial charge in [-0.25, -0.2) is 5.43 Å². The Labute approximate surface area is 453 Å². The number of hydrazine groups is 1. The van der Waals surface area contributed by atoms with Gasteiger partial charge in [-0.05, 0) is 104 Å². The smallest absolute Gasteiger partial charge is 0.324 e. The third-order valence-electron chi connectivity index (χ3n) is 13.4. The van der Waals surface area contributed by atoms with Gasteiger partial charge in [-0.2, -0.15) is 67.5 Å². The van der Waals surface area contributed by atoms with Crippen LogP contribution in [0.3, 0.4) is 0 Å². The van der Waals surface area contributed by atoms with E-state index in [-0.39, 0.29) is 130 Å². The molecule has 3 aliphatic heterocycles. The summed E-state index contributed by atoms with van der Waals surface area (Å²) in [6, 6.07) is 12.5. The molecular formula is C50H76N8O8S5. The first-order chi connectivity index (χ1) is 31.4. The number of carbonyl (C=O) groups is 5. The molecule has 5 heterocycles. The van der Waals surface area contributed by atoms with E-state index >= 15 is 0 Å². The maximum absolute atomic E-state index is 14.7. The van der Waals surface area contributed by atoms with Crippen LogP contribution in [0.5, 0.6) is 5.75 Å². The van der Waals surface area contributed by atoms with E-state index in [1.54, 1.807) is 37.4 Å². The van der Waals surface area contributed by atoms with Crippen molar-refractivity contribution >= 4 is 108 Å². The zero-order valence-corrected chi connectivity index (χ0v) is 47.1. The number of aromatic nitrogens is 2. The Morgan fingerprint density at radius 3 is 2.39 bits per heavy atom. The molecule has 0 aliphatic carbocycles. The van der Waals surface area contributed by atoms with E-state index in [0.717, 1.165) is 39.0 Å². The fourth-order valence-electron chi connectivity index (χ4n) is 9.99. The van der Waals surface area contributed by atoms with Crippen LogP contribution in [0.15, 0.2) is 54.7 Å². The standard InChI is InChI=1S/C50H66N8O8.5H2S/c1-9-57-41-15-14-32-24-37(41)38(45(57)36-12-10-17-52-43(36)30(4)65-8)25-50(5,6)28-66-49(64)39-13-11-18-58(54-39)48(63)40(22-31-20-34(32)23-35(59)21-31)53-46(61)44(29(2)3)55(7)47(62)33-16-19-56(27-33)42(60)26-51;;;;;/h10,12,14-15,17,20-21,23-24,29-30,33,39-40,44,54,59H,9,11,13,16,18-19,22,25-28,51H2,1-8H3,(H,53,61);5*1H2/t30-,33-,39-,40-,44-;;;;;/m0...../s1. The fraction of sp³-hybridized carbons (Fsp3) is 0.520. The highest BCUT2D eigenvalue weighted by molar-refractivity contribution is 7.60. The third kappa shape index (κ3) is 13.8. The van der Waals surface area contributed by atoms with Gasteiger partial charge in [0.1, 0.15) is 23.9 Å². The van der Waals surface area contributed by atoms with Crippen molar-refractivity contribution in [1.29, 1.82) is 0 Å². The Morgan fingerprint density at radius 2 is 1.73 bits per heavy atom. The van der Waals surface area contributed by atoms with Crippen molar-refractivity contribution in [3.05, 3.63) is 71.5 Å². The van der Waals surface area contributed by atoms with Crippen LogP contribution in [0, 0.1) is 17.3 Å². The Hall–Kier alpha value is -4.09. The number of nitrogens with two attached hydrogens (primary N) is 1. The number of esters is 1. The Bertz CT molecular complexity index is 2510. The Balaban J connectivity index is 0.00000346. The Morgan fingerprint density at radius 1 is 1.01 bits per heavy atom. The lowest BCUT2D eigenvalue weighted by Gasteiger charge is -2.37. The normalized spacial score (nSPS) is 19.5. The van der Waals surface area contributed by atoms with Gasteiger partial charge in [-0.15, -0.1) is 0 Å². The van der Waals surface area contributed by atoms with E-state index in [1.165, 1.54) is 9.91 Å². The van der Waals surface area contributed by atoms with Gasteiger partial charge in [0.25, 0.3) is 5.91 Å². The molecule has 2 aromatic heterocycles. The number of benzene rings is 2. The number of phenolic OH excluding ortho intramolecular Hbond substituents is 1. The van der Waals surface area contributed by atoms with Gasteiger partial charge < -0.3 is 40.0 Å². The second-order valence-electron chi connectivity index (χ2n) is 19.2. The monoisotopic (exact) mass is 1080 g/mol. The van der Waals surface area contributed by atoms with Crippen LogP contribution in [0.25, 0.3) is 33.3 Å². The molecule has 7 rings (SSSR count). The molecule has 3 aliphatic rings. The number of aryl methyl sites for hydroxylation is 1. The van der Waals surface area contributed by atoms with E-state index < -0.39 is 47.2 Å². The summed E-state index contributed by atoms with van der Waals surface area (Å²) in [4.78, 5) is 77.1. The summed E-state index contributed by atoms with van der Waals surface area (Å²) in [6.07, 6.45) is 3.40. The van der Waals surface area contributed by atoms with Crippen LogP contribution in [0.4, 0.5) is 0 Å². The molecule has 0 saturated carbocycles. The van der Waals surface area contributed by atoms with Gasteiger partial charge in [0.05, 0.1) is 36.6 Å². The molecule has 6 bridgehead atoms. The molecule has 4 amide bonds. The topological polar surface area (TPSA) is 202 Å². The van der Waals surface area contributed by atoms with Crippen molar-refractivity contribution in [1.82, 2.24) is 35.1 Å². The largest absolute Gasteiger partial charge is 0.508 e. The lowest BCUT2D eigenvalue weighted by Crippen LogP contribution is -2.62. The van der Waals surface area contributed by atoms with Crippen LogP contribution < -0.4 is 16.5 Å². The molecule has 71 heavy (non-hydrogen) atoms. The minimum atomic E-state index is -1.17. The number of likely N-dealkylation sites (N-methyl/N-ethyl adjacent to an activating group) is 1. The number of carbonyl (C=O) groups excluding carboxylic acids is 5. The van der Waals surface area contributed by atoms with Crippen molar-refractivity contribution in [2.45, 2.75) is 104 Å². The van der Waals surface area contributed by atoms with Crippen molar-refractivity contribution in [3.8, 4) is 28.1 Å². The molecule has 5 atom stereocenters. The summed E-state index contributed by atoms with van der Waals surface area (Å²) >= 11 is 0. The number of pyridine rings is 1. The second-order valence-corrected chi connectivity index (χ2v) is 19.2. The molecule has 0 radical (unpaired) electrons. The highest BCUT2D eigenvalue weighted by Gasteiger charge is 2.40. The predicted octanol–water partition coefficient (Wildman–Crippen LogP) is 5.31. The molecule has 4 aromatic rings. The lowest BCUT2D eigenvalue weighted by molar-refractivity contribution is -0.155. The number of phenols is 1. The van der Waals surface area contributed by atoms with Crippen LogP contribution in [-0.2, 0) is 52.8 Å². The van der Waals surface area contributed by atoms with Gasteiger partial charge in [-0.3, -0.25) is 34.0 Å². The maximum Gasteiger partial charge on any atom is 0.324 e. The van der Waals surface area contributed by atoms with Crippen molar-refractivity contribution in [2.75, 3.05) is 46.9 Å². The summed E-state index contributed by atoms with van der Waals surface area (Å²) in [6.45, 7) is 13.4. The highest BCUT2D eigenvalue weighted by Crippen LogP contribution is 2.42. The summed E-state index contributed by atoms with van der Waals surface area (Å²) in [5.74, 6) is -2.88. The number of hydrogen-bond donors (Lipinski definition) is 4. The molecule has 0 unspecified atom stereocenters. The number of aromatic hydroxyl groups is 1. The van der Waals surface area contributed by atoms with E-state index in [2.05, 4.69) is 54.3 Å². The van der Waals surface area contributed by atoms with Crippen LogP contribution in [-0.4, -0.2) is 124 Å². The Kier molecular flexibility index (Phi) is 23.7. The number of fused-ring (bicyclic) bond motifs is 6. The zero-order chi connectivity index (χ0) is 47.6. The number of cyclic esters (lactones) is 1. The number of nitrogens with zero attached hydrogens (tertiary/aromatic N) is 5. The predicted molar refractivity (Wildman–Crippen MR) is 302 cm³/mol. The van der Waals surface area contributed by atoms with Gasteiger partial charge in [-0.1, -0.05) is 39.8 Å². The van der Waals surface area contributed by atoms with Gasteiger partial charge in [0.2, 0.25) is 17.7 Å². The SMILES string of the molecule is CCn1c(-c2cccnc2[C@H](C)OC)c2c3cc(ccc31)-c1cc(O)cc(c1)C[C@H](NC(=O)[C@H](C(C)C)N(C)C(=O)[C@H]1CCN(C(=O)CN)C1)C(=O)N1CCC[C@H](N1)C(=O)OCC(C)(C)C2.S.S.S.S.S. The summed E-state index contributed by atoms with van der Waals surface area (Å²) in [5, 5.41) is 16.7. The molecule has 2 saturated heterocycles. The van der Waals surface area contributed by atoms with E-state index in [1.807, 2.05) is 39.0 Å². The van der Waals surface area contributed by atoms with Crippen molar-refractivity contribution in [3.63, 3.8) is 0 Å². The highest BCUT2D eigenvalue weighted by atomic mass is 32.1. The lowest BCUT2D eigenvalue weighted by atomic mass is 9.84. The molecule has 16 nitrogen and oxygen atoms in total. The average Bonchev–Trinajstić information content (AvgIpc) is 3.92. The first kappa shape index (κ1) is 63.0. The van der Waals surface area contributed by atoms with E-state index in [0.29, 0.717) is 49.9 Å². The number of ether oxygens (including phenoxy) is 2. The van der Waals surface area contributed by atoms with Crippen molar-refractivity contribution < 1.29 is 38.6 Å². The fourth-order valence-corrected chi connectivity index (χ4v) is 9.99. The van der Waals surface area contributed by atoms with E-state index in [4.69, 9.17) is 20.2 Å². The number of nitrogens with one attached hydrogen (secondary N) is 2. The number of hydrogen-bond acceptors (Lipinski definition) is 11. The third-order valence-corrected chi connectivity index (χ3v) is 13.4. The van der Waals surface area contributed by atoms with Gasteiger partial charge in [0, 0.05) is 74.8 Å². The average molecular weight is 1080 g/mol. The van der Waals surface area contributed by atoms with Crippen LogP contribution in [0.1, 0.15) is 83.7 Å². The number of rotatable bonds is 10. The molecule has 394 valence electrons. The molecule has 21 heteroatoms. The number of methoxy groups -OCH3 is 1. The quantitative estimate of drug-likeness (QED) is 0.150. The molecular weight excluding hydrogens is 1000 g/mol. The summed E-state index contributed by atoms with van der Waals surface area (Å²) in [5.41, 5.74) is 15.1. The summed E-state index contributed by atoms with van der Waals surface area (Å²) < 4.78 is 14.2. The van der Waals surface area contributed by atoms with Gasteiger partial charge >= 0.3 is 5.97 Å². The zero-order valence-electron chi connectivity index (χ0n) is 42.1. The number of amides is 4. The van der Waals surface area contributed by atoms with E-state index in [9.17, 15) is 29.1 Å². The maximum atomic E-state index is 14.7. The van der Waals surface area contributed by atoms with Gasteiger partial charge in [0.15, 0.2) is 0 Å². The van der Waals surface area contributed by atoms with Crippen LogP contribution >= 0.6 is 67.5 Å². The van der Waals surface area contributed by atoms with Crippen molar-refractivity contribution in [2.24, 2.45) is 23.0 Å². The minimum absolute atomic E-state index is 0. The minimum Gasteiger partial charge on any atom is -0.508 e. The second kappa shape index (κ2) is 26.7. The summed E-state index contributed by atoms with van der Waals surface area (Å²) in [7, 11) is 3.25. The first-order valence-electron chi connectivity index (χ1n) is 23.2. The van der Waals surface area contributed by atoms with Crippen LogP contribution in [0.2, 0.25) is 0 Å². The molecule has 2 fully saturated rings.